The van der Waals surface area contributed by atoms with Crippen LogP contribution >= 0.6 is 0 Å². The Morgan fingerprint density at radius 1 is 1.38 bits per heavy atom. The summed E-state index contributed by atoms with van der Waals surface area (Å²) >= 11 is 0. The first-order chi connectivity index (χ1) is 10.1. The molecule has 0 aliphatic heterocycles. The predicted octanol–water partition coefficient (Wildman–Crippen LogP) is 0.676. The molecule has 0 aliphatic rings. The summed E-state index contributed by atoms with van der Waals surface area (Å²) in [5.74, 6) is -0.858. The summed E-state index contributed by atoms with van der Waals surface area (Å²) in [6, 6.07) is 6.99. The number of aryl methyl sites for hydroxylation is 1. The Hall–Kier alpha value is -2.90. The number of carbonyl (C=O) groups is 2. The van der Waals surface area contributed by atoms with E-state index in [0.29, 0.717) is 17.9 Å². The summed E-state index contributed by atoms with van der Waals surface area (Å²) in [4.78, 5) is 26.8. The zero-order valence-corrected chi connectivity index (χ0v) is 11.4. The largest absolute Gasteiger partial charge is 0.463 e. The molecule has 0 unspecified atom stereocenters. The summed E-state index contributed by atoms with van der Waals surface area (Å²) in [7, 11) is 1.25. The van der Waals surface area contributed by atoms with Gasteiger partial charge >= 0.3 is 5.97 Å². The van der Waals surface area contributed by atoms with Crippen LogP contribution in [0.4, 0.5) is 11.4 Å². The number of amides is 1. The molecule has 3 N–H and O–H groups in total. The third kappa shape index (κ3) is 3.78. The molecule has 1 amide bonds. The lowest BCUT2D eigenvalue weighted by molar-refractivity contribution is -0.116. The number of hydrogen-bond donors (Lipinski definition) is 2. The number of nitrogen functional groups attached to an aromatic ring is 1. The van der Waals surface area contributed by atoms with Crippen LogP contribution in [0.5, 0.6) is 0 Å². The number of nitrogens with two attached hydrogens (primary N) is 1. The highest BCUT2D eigenvalue weighted by Gasteiger charge is 2.12. The van der Waals surface area contributed by atoms with Crippen molar-refractivity contribution in [3.8, 4) is 0 Å². The number of esters is 1. The summed E-state index contributed by atoms with van der Waals surface area (Å²) in [5, 5.41) is 6.61. The minimum Gasteiger partial charge on any atom is -0.463 e. The van der Waals surface area contributed by atoms with Crippen molar-refractivity contribution in [2.75, 3.05) is 18.2 Å². The van der Waals surface area contributed by atoms with E-state index in [0.717, 1.165) is 0 Å². The fraction of sp³-hybridized carbons (Fsp3) is 0.231. The van der Waals surface area contributed by atoms with Gasteiger partial charge < -0.3 is 15.8 Å². The molecular formula is C13H15N5O3. The lowest BCUT2D eigenvalue weighted by Crippen LogP contribution is -2.16. The van der Waals surface area contributed by atoms with Gasteiger partial charge in [-0.05, 0) is 12.1 Å². The molecule has 2 rings (SSSR count). The smallest absolute Gasteiger partial charge is 0.377 e. The van der Waals surface area contributed by atoms with E-state index < -0.39 is 5.97 Å². The summed E-state index contributed by atoms with van der Waals surface area (Å²) in [6.07, 6.45) is 1.55. The van der Waals surface area contributed by atoms with Crippen LogP contribution in [0.1, 0.15) is 17.0 Å². The topological polar surface area (TPSA) is 112 Å². The van der Waals surface area contributed by atoms with E-state index in [-0.39, 0.29) is 18.2 Å². The number of para-hydroxylation sites is 2. The molecular weight excluding hydrogens is 274 g/mol. The highest BCUT2D eigenvalue weighted by Crippen LogP contribution is 2.16. The van der Waals surface area contributed by atoms with Gasteiger partial charge in [0.1, 0.15) is 6.33 Å². The van der Waals surface area contributed by atoms with Crippen LogP contribution in [0.15, 0.2) is 30.6 Å². The van der Waals surface area contributed by atoms with E-state index in [1.807, 2.05) is 0 Å². The molecule has 21 heavy (non-hydrogen) atoms. The van der Waals surface area contributed by atoms with Gasteiger partial charge in [0.15, 0.2) is 0 Å². The fourth-order valence-corrected chi connectivity index (χ4v) is 1.63. The van der Waals surface area contributed by atoms with Crippen molar-refractivity contribution < 1.29 is 14.3 Å². The van der Waals surface area contributed by atoms with Gasteiger partial charge in [0.05, 0.1) is 25.0 Å². The zero-order valence-electron chi connectivity index (χ0n) is 11.4. The van der Waals surface area contributed by atoms with E-state index in [2.05, 4.69) is 20.1 Å². The van der Waals surface area contributed by atoms with Crippen molar-refractivity contribution in [2.24, 2.45) is 0 Å². The van der Waals surface area contributed by atoms with Crippen molar-refractivity contribution in [1.29, 1.82) is 0 Å². The van der Waals surface area contributed by atoms with Crippen molar-refractivity contribution >= 4 is 23.3 Å². The highest BCUT2D eigenvalue weighted by atomic mass is 16.5. The SMILES string of the molecule is COC(=O)c1ncn(CCC(=O)Nc2ccccc2N)n1. The first-order valence-corrected chi connectivity index (χ1v) is 6.22. The average Bonchev–Trinajstić information content (AvgIpc) is 2.96. The Kier molecular flexibility index (Phi) is 4.50. The number of nitrogens with zero attached hydrogens (tertiary/aromatic N) is 3. The van der Waals surface area contributed by atoms with Crippen LogP contribution in [0, 0.1) is 0 Å². The number of ether oxygens (including phenoxy) is 1. The maximum absolute atomic E-state index is 11.8. The van der Waals surface area contributed by atoms with Crippen LogP contribution in [-0.4, -0.2) is 33.8 Å². The molecule has 110 valence electrons. The molecule has 0 fully saturated rings. The number of anilines is 2. The van der Waals surface area contributed by atoms with Crippen molar-refractivity contribution in [3.63, 3.8) is 0 Å². The first-order valence-electron chi connectivity index (χ1n) is 6.22. The monoisotopic (exact) mass is 289 g/mol. The number of hydrogen-bond acceptors (Lipinski definition) is 6. The van der Waals surface area contributed by atoms with Gasteiger partial charge in [-0.15, -0.1) is 5.10 Å². The lowest BCUT2D eigenvalue weighted by atomic mass is 10.2. The third-order valence-electron chi connectivity index (χ3n) is 2.71. The standard InChI is InChI=1S/C13H15N5O3/c1-21-13(20)12-15-8-18(17-12)7-6-11(19)16-10-5-3-2-4-9(10)14/h2-5,8H,6-7,14H2,1H3,(H,16,19). The Balaban J connectivity index is 1.88. The number of rotatable bonds is 5. The zero-order chi connectivity index (χ0) is 15.2. The number of aromatic nitrogens is 3. The lowest BCUT2D eigenvalue weighted by Gasteiger charge is -2.07. The van der Waals surface area contributed by atoms with Gasteiger partial charge in [-0.25, -0.2) is 9.78 Å². The van der Waals surface area contributed by atoms with Crippen LogP contribution < -0.4 is 11.1 Å². The Labute approximate surface area is 120 Å². The molecule has 0 aliphatic carbocycles. The second-order valence-electron chi connectivity index (χ2n) is 4.21. The predicted molar refractivity (Wildman–Crippen MR) is 75.5 cm³/mol. The molecule has 0 spiro atoms. The van der Waals surface area contributed by atoms with Crippen LogP contribution in [0.3, 0.4) is 0 Å². The van der Waals surface area contributed by atoms with Crippen molar-refractivity contribution in [3.05, 3.63) is 36.4 Å². The van der Waals surface area contributed by atoms with Crippen molar-refractivity contribution in [1.82, 2.24) is 14.8 Å². The van der Waals surface area contributed by atoms with E-state index >= 15 is 0 Å². The second kappa shape index (κ2) is 6.51. The Morgan fingerprint density at radius 3 is 2.86 bits per heavy atom. The van der Waals surface area contributed by atoms with E-state index in [4.69, 9.17) is 5.73 Å². The molecule has 1 heterocycles. The minimum atomic E-state index is -0.615. The fourth-order valence-electron chi connectivity index (χ4n) is 1.63. The van der Waals surface area contributed by atoms with Crippen LogP contribution in [-0.2, 0) is 16.1 Å². The number of benzene rings is 1. The van der Waals surface area contributed by atoms with Crippen LogP contribution in [0.2, 0.25) is 0 Å². The van der Waals surface area contributed by atoms with Gasteiger partial charge in [0.25, 0.3) is 5.82 Å². The Morgan fingerprint density at radius 2 is 2.14 bits per heavy atom. The first kappa shape index (κ1) is 14.5. The van der Waals surface area contributed by atoms with Gasteiger partial charge in [0.2, 0.25) is 5.91 Å². The highest BCUT2D eigenvalue weighted by molar-refractivity contribution is 5.93. The van der Waals surface area contributed by atoms with Gasteiger partial charge in [-0.3, -0.25) is 9.48 Å². The molecule has 0 radical (unpaired) electrons. The maximum Gasteiger partial charge on any atom is 0.377 e. The molecule has 1 aromatic heterocycles. The molecule has 0 saturated carbocycles. The number of nitrogens with one attached hydrogen (secondary N) is 1. The van der Waals surface area contributed by atoms with Crippen LogP contribution in [0.25, 0.3) is 0 Å². The molecule has 0 atom stereocenters. The molecule has 8 nitrogen and oxygen atoms in total. The van der Waals surface area contributed by atoms with Gasteiger partial charge in [-0.1, -0.05) is 12.1 Å². The van der Waals surface area contributed by atoms with E-state index in [1.54, 1.807) is 24.3 Å². The second-order valence-corrected chi connectivity index (χ2v) is 4.21. The van der Waals surface area contributed by atoms with E-state index in [1.165, 1.54) is 18.1 Å². The number of methoxy groups -OCH3 is 1. The molecule has 2 aromatic rings. The molecule has 0 saturated heterocycles. The quantitative estimate of drug-likeness (QED) is 0.618. The molecule has 0 bridgehead atoms. The van der Waals surface area contributed by atoms with Gasteiger partial charge in [0, 0.05) is 6.42 Å². The number of carbonyl (C=O) groups excluding carboxylic acids is 2. The molecule has 8 heteroatoms. The normalized spacial score (nSPS) is 10.1. The summed E-state index contributed by atoms with van der Waals surface area (Å²) in [5.41, 5.74) is 6.80. The Bertz CT molecular complexity index is 653. The van der Waals surface area contributed by atoms with Gasteiger partial charge in [-0.2, -0.15) is 0 Å². The van der Waals surface area contributed by atoms with E-state index in [9.17, 15) is 9.59 Å². The summed E-state index contributed by atoms with van der Waals surface area (Å²) in [6.45, 7) is 0.294. The summed E-state index contributed by atoms with van der Waals surface area (Å²) < 4.78 is 5.90. The van der Waals surface area contributed by atoms with Crippen molar-refractivity contribution in [2.45, 2.75) is 13.0 Å². The molecule has 1 aromatic carbocycles. The third-order valence-corrected chi connectivity index (χ3v) is 2.71. The maximum atomic E-state index is 11.8. The average molecular weight is 289 g/mol. The minimum absolute atomic E-state index is 0.0368.